The number of pyridine rings is 1. The Morgan fingerprint density at radius 1 is 0.808 bits per heavy atom. The molecule has 0 N–H and O–H groups in total. The fourth-order valence-corrected chi connectivity index (χ4v) is 3.79. The van der Waals surface area contributed by atoms with Crippen LogP contribution in [-0.4, -0.2) is 23.5 Å². The Kier molecular flexibility index (Phi) is 4.94. The van der Waals surface area contributed by atoms with E-state index in [0.717, 1.165) is 0 Å². The first-order valence-electron chi connectivity index (χ1n) is 9.29. The monoisotopic (exact) mass is 340 g/mol. The molecule has 1 atom stereocenters. The van der Waals surface area contributed by atoms with E-state index in [9.17, 15) is 0 Å². The predicted molar refractivity (Wildman–Crippen MR) is 110 cm³/mol. The third-order valence-electron chi connectivity index (χ3n) is 5.20. The molecule has 5 rings (SSSR count). The summed E-state index contributed by atoms with van der Waals surface area (Å²) in [7, 11) is 2.19. The van der Waals surface area contributed by atoms with Crippen molar-refractivity contribution in [2.24, 2.45) is 0 Å². The molecule has 0 saturated carbocycles. The molecule has 0 bridgehead atoms. The third kappa shape index (κ3) is 3.61. The van der Waals surface area contributed by atoms with Gasteiger partial charge in [0, 0.05) is 18.4 Å². The van der Waals surface area contributed by atoms with Crippen LogP contribution in [0.25, 0.3) is 21.5 Å². The van der Waals surface area contributed by atoms with Gasteiger partial charge >= 0.3 is 0 Å². The number of hydrogen-bond acceptors (Lipinski definition) is 2. The van der Waals surface area contributed by atoms with Crippen molar-refractivity contribution >= 4 is 21.5 Å². The summed E-state index contributed by atoms with van der Waals surface area (Å²) in [6, 6.07) is 26.2. The zero-order valence-electron chi connectivity index (χ0n) is 15.2. The standard InChI is InChI=1S/C14H10.C10H14N2/c1-2-6-12-10-14-8-4-3-7-13(14)9-11(12)5-1;1-12-7-3-5-10(12)9-4-2-6-11-8-9/h1-10H;2,4,6,8,10H,3,5,7H2,1H3. The van der Waals surface area contributed by atoms with Crippen LogP contribution in [0.2, 0.25) is 0 Å². The van der Waals surface area contributed by atoms with Crippen LogP contribution in [0.15, 0.2) is 85.2 Å². The van der Waals surface area contributed by atoms with E-state index in [1.165, 1.54) is 46.5 Å². The molecule has 0 aliphatic carbocycles. The molecule has 1 aliphatic rings. The number of benzene rings is 3. The van der Waals surface area contributed by atoms with Gasteiger partial charge in [0.25, 0.3) is 0 Å². The average molecular weight is 340 g/mol. The van der Waals surface area contributed by atoms with Gasteiger partial charge < -0.3 is 0 Å². The van der Waals surface area contributed by atoms with Crippen LogP contribution in [0.3, 0.4) is 0 Å². The van der Waals surface area contributed by atoms with E-state index >= 15 is 0 Å². The van der Waals surface area contributed by atoms with Gasteiger partial charge in [-0.3, -0.25) is 9.88 Å². The molecule has 2 heterocycles. The van der Waals surface area contributed by atoms with Gasteiger partial charge in [0.05, 0.1) is 0 Å². The first-order chi connectivity index (χ1) is 12.8. The van der Waals surface area contributed by atoms with Crippen molar-refractivity contribution in [1.29, 1.82) is 0 Å². The summed E-state index contributed by atoms with van der Waals surface area (Å²) in [6.45, 7) is 1.22. The Morgan fingerprint density at radius 2 is 1.38 bits per heavy atom. The van der Waals surface area contributed by atoms with Gasteiger partial charge in [-0.1, -0.05) is 54.6 Å². The van der Waals surface area contributed by atoms with Crippen molar-refractivity contribution in [3.05, 3.63) is 90.8 Å². The lowest BCUT2D eigenvalue weighted by Crippen LogP contribution is -2.17. The highest BCUT2D eigenvalue weighted by Gasteiger charge is 2.21. The summed E-state index contributed by atoms with van der Waals surface area (Å²) in [5, 5.41) is 5.25. The van der Waals surface area contributed by atoms with Gasteiger partial charge in [0.1, 0.15) is 0 Å². The smallest absolute Gasteiger partial charge is 0.0360 e. The van der Waals surface area contributed by atoms with E-state index in [0.29, 0.717) is 6.04 Å². The highest BCUT2D eigenvalue weighted by atomic mass is 15.1. The highest BCUT2D eigenvalue weighted by molar-refractivity contribution is 5.98. The molecule has 1 aliphatic heterocycles. The lowest BCUT2D eigenvalue weighted by atomic mass is 10.0. The normalized spacial score (nSPS) is 17.2. The minimum Gasteiger partial charge on any atom is -0.299 e. The van der Waals surface area contributed by atoms with E-state index in [1.807, 2.05) is 18.5 Å². The Bertz CT molecular complexity index is 889. The largest absolute Gasteiger partial charge is 0.299 e. The van der Waals surface area contributed by atoms with E-state index in [2.05, 4.69) is 83.7 Å². The van der Waals surface area contributed by atoms with Gasteiger partial charge in [0.2, 0.25) is 0 Å². The van der Waals surface area contributed by atoms with Gasteiger partial charge in [-0.05, 0) is 71.7 Å². The maximum atomic E-state index is 4.14. The van der Waals surface area contributed by atoms with Gasteiger partial charge in [-0.2, -0.15) is 0 Å². The lowest BCUT2D eigenvalue weighted by Gasteiger charge is -2.18. The molecule has 1 fully saturated rings. The molecule has 2 heteroatoms. The van der Waals surface area contributed by atoms with Crippen molar-refractivity contribution in [2.75, 3.05) is 13.6 Å². The van der Waals surface area contributed by atoms with Crippen LogP contribution < -0.4 is 0 Å². The zero-order valence-corrected chi connectivity index (χ0v) is 15.2. The first kappa shape index (κ1) is 16.7. The van der Waals surface area contributed by atoms with E-state index in [4.69, 9.17) is 0 Å². The number of likely N-dealkylation sites (tertiary alicyclic amines) is 1. The minimum absolute atomic E-state index is 0.610. The fourth-order valence-electron chi connectivity index (χ4n) is 3.79. The maximum Gasteiger partial charge on any atom is 0.0360 e. The molecule has 1 saturated heterocycles. The van der Waals surface area contributed by atoms with Crippen LogP contribution in [0, 0.1) is 0 Å². The SMILES string of the molecule is CN1CCCC1c1cccnc1.c1ccc2cc3ccccc3cc2c1. The number of fused-ring (bicyclic) bond motifs is 2. The quantitative estimate of drug-likeness (QED) is 0.405. The van der Waals surface area contributed by atoms with Crippen molar-refractivity contribution in [3.63, 3.8) is 0 Å². The highest BCUT2D eigenvalue weighted by Crippen LogP contribution is 2.29. The molecule has 130 valence electrons. The second kappa shape index (κ2) is 7.67. The van der Waals surface area contributed by atoms with Gasteiger partial charge in [0.15, 0.2) is 0 Å². The lowest BCUT2D eigenvalue weighted by molar-refractivity contribution is 0.317. The molecule has 1 unspecified atom stereocenters. The summed E-state index contributed by atoms with van der Waals surface area (Å²) in [5.74, 6) is 0. The molecule has 2 nitrogen and oxygen atoms in total. The second-order valence-corrected chi connectivity index (χ2v) is 6.97. The van der Waals surface area contributed by atoms with Gasteiger partial charge in [-0.25, -0.2) is 0 Å². The molecular formula is C24H24N2. The van der Waals surface area contributed by atoms with Crippen LogP contribution >= 0.6 is 0 Å². The van der Waals surface area contributed by atoms with Crippen LogP contribution in [0.1, 0.15) is 24.4 Å². The molecular weight excluding hydrogens is 316 g/mol. The summed E-state index contributed by atoms with van der Waals surface area (Å²) in [6.07, 6.45) is 6.41. The molecule has 0 spiro atoms. The maximum absolute atomic E-state index is 4.14. The minimum atomic E-state index is 0.610. The molecule has 0 amide bonds. The Labute approximate surface area is 155 Å². The number of nitrogens with zero attached hydrogens (tertiary/aromatic N) is 2. The van der Waals surface area contributed by atoms with Crippen LogP contribution in [0.4, 0.5) is 0 Å². The second-order valence-electron chi connectivity index (χ2n) is 6.97. The predicted octanol–water partition coefficient (Wildman–Crippen LogP) is 5.84. The van der Waals surface area contributed by atoms with Crippen molar-refractivity contribution < 1.29 is 0 Å². The van der Waals surface area contributed by atoms with Crippen molar-refractivity contribution in [3.8, 4) is 0 Å². The number of rotatable bonds is 1. The molecule has 1 aromatic heterocycles. The van der Waals surface area contributed by atoms with Crippen LogP contribution in [0.5, 0.6) is 0 Å². The number of aromatic nitrogens is 1. The number of hydrogen-bond donors (Lipinski definition) is 0. The van der Waals surface area contributed by atoms with Crippen molar-refractivity contribution in [1.82, 2.24) is 9.88 Å². The zero-order chi connectivity index (χ0) is 17.8. The topological polar surface area (TPSA) is 16.1 Å². The summed E-state index contributed by atoms with van der Waals surface area (Å²) >= 11 is 0. The van der Waals surface area contributed by atoms with Crippen molar-refractivity contribution in [2.45, 2.75) is 18.9 Å². The van der Waals surface area contributed by atoms with Gasteiger partial charge in [-0.15, -0.1) is 0 Å². The molecule has 26 heavy (non-hydrogen) atoms. The Hall–Kier alpha value is -2.71. The fraction of sp³-hybridized carbons (Fsp3) is 0.208. The summed E-state index contributed by atoms with van der Waals surface area (Å²) in [5.41, 5.74) is 1.36. The van der Waals surface area contributed by atoms with E-state index in [-0.39, 0.29) is 0 Å². The third-order valence-corrected chi connectivity index (χ3v) is 5.20. The Balaban J connectivity index is 0.000000131. The summed E-state index contributed by atoms with van der Waals surface area (Å²) < 4.78 is 0. The molecule has 4 aromatic rings. The van der Waals surface area contributed by atoms with Crippen LogP contribution in [-0.2, 0) is 0 Å². The summed E-state index contributed by atoms with van der Waals surface area (Å²) in [4.78, 5) is 6.54. The first-order valence-corrected chi connectivity index (χ1v) is 9.29. The Morgan fingerprint density at radius 3 is 1.81 bits per heavy atom. The molecule has 3 aromatic carbocycles. The average Bonchev–Trinajstić information content (AvgIpc) is 3.13. The van der Waals surface area contributed by atoms with E-state index < -0.39 is 0 Å². The molecule has 0 radical (unpaired) electrons. The van der Waals surface area contributed by atoms with E-state index in [1.54, 1.807) is 0 Å².